The number of esters is 1. The second-order valence-corrected chi connectivity index (χ2v) is 4.54. The Labute approximate surface area is 135 Å². The maximum absolute atomic E-state index is 13.8. The fraction of sp³-hybridized carbons (Fsp3) is 0.125. The normalized spacial score (nSPS) is 10.4. The molecule has 2 rings (SSSR count). The van der Waals surface area contributed by atoms with Gasteiger partial charge in [0.25, 0.3) is 5.91 Å². The SMILES string of the molecule is COC(=O)c1ccc(F)c(NC(=O)c2ccc(OC(F)F)cc2)c1. The molecule has 0 unspecified atom stereocenters. The summed E-state index contributed by atoms with van der Waals surface area (Å²) in [6.07, 6.45) is 0. The molecule has 2 aromatic carbocycles. The quantitative estimate of drug-likeness (QED) is 0.847. The van der Waals surface area contributed by atoms with Crippen molar-refractivity contribution in [3.63, 3.8) is 0 Å². The van der Waals surface area contributed by atoms with E-state index < -0.39 is 24.3 Å². The largest absolute Gasteiger partial charge is 0.465 e. The van der Waals surface area contributed by atoms with Crippen molar-refractivity contribution in [2.75, 3.05) is 12.4 Å². The standard InChI is InChI=1S/C16H12F3NO4/c1-23-15(22)10-4-7-12(17)13(8-10)20-14(21)9-2-5-11(6-3-9)24-16(18)19/h2-8,16H,1H3,(H,20,21). The molecule has 1 N–H and O–H groups in total. The van der Waals surface area contributed by atoms with Crippen LogP contribution >= 0.6 is 0 Å². The van der Waals surface area contributed by atoms with E-state index in [1.54, 1.807) is 0 Å². The third kappa shape index (κ3) is 4.25. The van der Waals surface area contributed by atoms with Gasteiger partial charge in [0.1, 0.15) is 11.6 Å². The highest BCUT2D eigenvalue weighted by Crippen LogP contribution is 2.19. The summed E-state index contributed by atoms with van der Waals surface area (Å²) in [6.45, 7) is -2.97. The molecule has 0 fully saturated rings. The van der Waals surface area contributed by atoms with E-state index in [0.717, 1.165) is 12.1 Å². The molecule has 8 heteroatoms. The molecular weight excluding hydrogens is 327 g/mol. The van der Waals surface area contributed by atoms with Crippen LogP contribution in [0, 0.1) is 5.82 Å². The van der Waals surface area contributed by atoms with E-state index in [4.69, 9.17) is 0 Å². The lowest BCUT2D eigenvalue weighted by Crippen LogP contribution is -2.14. The summed E-state index contributed by atoms with van der Waals surface area (Å²) in [6, 6.07) is 8.22. The first-order chi connectivity index (χ1) is 11.4. The van der Waals surface area contributed by atoms with Crippen LogP contribution in [0.15, 0.2) is 42.5 Å². The topological polar surface area (TPSA) is 64.6 Å². The van der Waals surface area contributed by atoms with Gasteiger partial charge in [-0.05, 0) is 42.5 Å². The molecule has 0 aliphatic rings. The number of nitrogens with one attached hydrogen (secondary N) is 1. The van der Waals surface area contributed by atoms with Crippen LogP contribution in [0.1, 0.15) is 20.7 Å². The van der Waals surface area contributed by atoms with Gasteiger partial charge in [-0.2, -0.15) is 8.78 Å². The van der Waals surface area contributed by atoms with E-state index in [1.165, 1.54) is 37.4 Å². The first-order valence-corrected chi connectivity index (χ1v) is 6.65. The Bertz CT molecular complexity index is 747. The number of hydrogen-bond donors (Lipinski definition) is 1. The van der Waals surface area contributed by atoms with E-state index in [9.17, 15) is 22.8 Å². The molecule has 126 valence electrons. The number of carbonyl (C=O) groups is 2. The molecular formula is C16H12F3NO4. The van der Waals surface area contributed by atoms with E-state index >= 15 is 0 Å². The Morgan fingerprint density at radius 2 is 1.67 bits per heavy atom. The minimum Gasteiger partial charge on any atom is -0.465 e. The molecule has 5 nitrogen and oxygen atoms in total. The Balaban J connectivity index is 2.15. The third-order valence-corrected chi connectivity index (χ3v) is 2.98. The van der Waals surface area contributed by atoms with Gasteiger partial charge in [0.2, 0.25) is 0 Å². The number of anilines is 1. The second-order valence-electron chi connectivity index (χ2n) is 4.54. The summed E-state index contributed by atoms with van der Waals surface area (Å²) < 4.78 is 46.6. The van der Waals surface area contributed by atoms with Gasteiger partial charge in [-0.15, -0.1) is 0 Å². The zero-order chi connectivity index (χ0) is 17.7. The van der Waals surface area contributed by atoms with Crippen molar-refractivity contribution in [2.24, 2.45) is 0 Å². The van der Waals surface area contributed by atoms with Crippen LogP contribution in [0.3, 0.4) is 0 Å². The van der Waals surface area contributed by atoms with Crippen molar-refractivity contribution < 1.29 is 32.2 Å². The zero-order valence-electron chi connectivity index (χ0n) is 12.4. The highest BCUT2D eigenvalue weighted by molar-refractivity contribution is 6.05. The average Bonchev–Trinajstić information content (AvgIpc) is 2.56. The van der Waals surface area contributed by atoms with Crippen LogP contribution in [0.2, 0.25) is 0 Å². The van der Waals surface area contributed by atoms with E-state index in [2.05, 4.69) is 14.8 Å². The smallest absolute Gasteiger partial charge is 0.387 e. The molecule has 0 aliphatic heterocycles. The third-order valence-electron chi connectivity index (χ3n) is 2.98. The summed E-state index contributed by atoms with van der Waals surface area (Å²) in [7, 11) is 1.17. The summed E-state index contributed by atoms with van der Waals surface area (Å²) >= 11 is 0. The van der Waals surface area contributed by atoms with Gasteiger partial charge in [-0.1, -0.05) is 0 Å². The minimum atomic E-state index is -2.97. The molecule has 0 saturated heterocycles. The van der Waals surface area contributed by atoms with Gasteiger partial charge in [-0.25, -0.2) is 9.18 Å². The molecule has 1 amide bonds. The van der Waals surface area contributed by atoms with Crippen molar-refractivity contribution in [1.29, 1.82) is 0 Å². The molecule has 0 radical (unpaired) electrons. The van der Waals surface area contributed by atoms with Gasteiger partial charge in [-0.3, -0.25) is 4.79 Å². The van der Waals surface area contributed by atoms with Gasteiger partial charge in [0.05, 0.1) is 18.4 Å². The lowest BCUT2D eigenvalue weighted by atomic mass is 10.1. The molecule has 0 aliphatic carbocycles. The van der Waals surface area contributed by atoms with E-state index in [0.29, 0.717) is 0 Å². The molecule has 2 aromatic rings. The van der Waals surface area contributed by atoms with Crippen LogP contribution in [0.25, 0.3) is 0 Å². The molecule has 24 heavy (non-hydrogen) atoms. The minimum absolute atomic E-state index is 0.0647. The first-order valence-electron chi connectivity index (χ1n) is 6.65. The summed E-state index contributed by atoms with van der Waals surface area (Å²) in [5, 5.41) is 2.30. The summed E-state index contributed by atoms with van der Waals surface area (Å²) in [4.78, 5) is 23.5. The van der Waals surface area contributed by atoms with Gasteiger partial charge in [0, 0.05) is 5.56 Å². The monoisotopic (exact) mass is 339 g/mol. The molecule has 0 aromatic heterocycles. The number of carbonyl (C=O) groups excluding carboxylic acids is 2. The Morgan fingerprint density at radius 3 is 2.25 bits per heavy atom. The Morgan fingerprint density at radius 1 is 1.04 bits per heavy atom. The first kappa shape index (κ1) is 17.3. The van der Waals surface area contributed by atoms with E-state index in [1.807, 2.05) is 0 Å². The van der Waals surface area contributed by atoms with Crippen molar-refractivity contribution in [2.45, 2.75) is 6.61 Å². The fourth-order valence-electron chi connectivity index (χ4n) is 1.85. The van der Waals surface area contributed by atoms with Crippen LogP contribution in [0.5, 0.6) is 5.75 Å². The molecule has 0 atom stereocenters. The summed E-state index contributed by atoms with van der Waals surface area (Å²) in [5.41, 5.74) is -0.0508. The van der Waals surface area contributed by atoms with Gasteiger partial charge < -0.3 is 14.8 Å². The van der Waals surface area contributed by atoms with Gasteiger partial charge in [0.15, 0.2) is 0 Å². The maximum atomic E-state index is 13.8. The number of rotatable bonds is 5. The van der Waals surface area contributed by atoms with Crippen LogP contribution in [-0.4, -0.2) is 25.6 Å². The second kappa shape index (κ2) is 7.49. The van der Waals surface area contributed by atoms with Crippen LogP contribution < -0.4 is 10.1 Å². The Kier molecular flexibility index (Phi) is 5.41. The lowest BCUT2D eigenvalue weighted by Gasteiger charge is -2.09. The zero-order valence-corrected chi connectivity index (χ0v) is 12.4. The summed E-state index contributed by atoms with van der Waals surface area (Å²) in [5.74, 6) is -2.22. The van der Waals surface area contributed by atoms with Gasteiger partial charge >= 0.3 is 12.6 Å². The Hall–Kier alpha value is -3.03. The molecule has 0 heterocycles. The number of ether oxygens (including phenoxy) is 2. The number of amides is 1. The lowest BCUT2D eigenvalue weighted by molar-refractivity contribution is -0.0498. The molecule has 0 bridgehead atoms. The fourth-order valence-corrected chi connectivity index (χ4v) is 1.85. The highest BCUT2D eigenvalue weighted by atomic mass is 19.3. The van der Waals surface area contributed by atoms with Crippen LogP contribution in [-0.2, 0) is 4.74 Å². The predicted octanol–water partition coefficient (Wildman–Crippen LogP) is 3.47. The van der Waals surface area contributed by atoms with Crippen molar-refractivity contribution in [3.05, 3.63) is 59.4 Å². The number of alkyl halides is 2. The molecule has 0 saturated carbocycles. The maximum Gasteiger partial charge on any atom is 0.387 e. The number of benzene rings is 2. The highest BCUT2D eigenvalue weighted by Gasteiger charge is 2.14. The van der Waals surface area contributed by atoms with E-state index in [-0.39, 0.29) is 22.6 Å². The molecule has 0 spiro atoms. The van der Waals surface area contributed by atoms with Crippen LogP contribution in [0.4, 0.5) is 18.9 Å². The van der Waals surface area contributed by atoms with Crippen molar-refractivity contribution in [3.8, 4) is 5.75 Å². The number of halogens is 3. The van der Waals surface area contributed by atoms with Crippen molar-refractivity contribution in [1.82, 2.24) is 0 Å². The number of hydrogen-bond acceptors (Lipinski definition) is 4. The average molecular weight is 339 g/mol. The van der Waals surface area contributed by atoms with Crippen molar-refractivity contribution >= 4 is 17.6 Å². The number of methoxy groups -OCH3 is 1. The predicted molar refractivity (Wildman–Crippen MR) is 78.8 cm³/mol.